The highest BCUT2D eigenvalue weighted by Gasteiger charge is 2.37. The third kappa shape index (κ3) is 1.84. The number of benzene rings is 2. The number of hydrogen-bond donors (Lipinski definition) is 0. The van der Waals surface area contributed by atoms with Crippen molar-refractivity contribution in [3.05, 3.63) is 65.2 Å². The Morgan fingerprint density at radius 3 is 2.32 bits per heavy atom. The van der Waals surface area contributed by atoms with Gasteiger partial charge in [0.1, 0.15) is 5.75 Å². The molecule has 3 rings (SSSR count). The van der Waals surface area contributed by atoms with Crippen molar-refractivity contribution in [1.82, 2.24) is 0 Å². The van der Waals surface area contributed by atoms with Gasteiger partial charge in [0.05, 0.1) is 13.0 Å². The highest BCUT2D eigenvalue weighted by molar-refractivity contribution is 6.06. The summed E-state index contributed by atoms with van der Waals surface area (Å²) in [5, 5.41) is 0. The van der Waals surface area contributed by atoms with Crippen LogP contribution in [0.2, 0.25) is 0 Å². The average molecular weight is 252 g/mol. The van der Waals surface area contributed by atoms with E-state index in [4.69, 9.17) is 4.74 Å². The Morgan fingerprint density at radius 1 is 1.00 bits per heavy atom. The third-order valence-electron chi connectivity index (χ3n) is 3.97. The summed E-state index contributed by atoms with van der Waals surface area (Å²) in [6.07, 6.45) is 0. The van der Waals surface area contributed by atoms with Crippen LogP contribution in [0.25, 0.3) is 0 Å². The lowest BCUT2D eigenvalue weighted by atomic mass is 9.87. The first-order valence-corrected chi connectivity index (χ1v) is 6.49. The van der Waals surface area contributed by atoms with Crippen molar-refractivity contribution in [2.24, 2.45) is 0 Å². The van der Waals surface area contributed by atoms with Gasteiger partial charge in [0.15, 0.2) is 5.78 Å². The van der Waals surface area contributed by atoms with Crippen LogP contribution in [0.5, 0.6) is 5.75 Å². The molecular weight excluding hydrogens is 236 g/mol. The third-order valence-corrected chi connectivity index (χ3v) is 3.97. The van der Waals surface area contributed by atoms with Crippen LogP contribution in [-0.2, 0) is 0 Å². The molecule has 0 radical (unpaired) electrons. The quantitative estimate of drug-likeness (QED) is 0.813. The van der Waals surface area contributed by atoms with Crippen molar-refractivity contribution in [2.75, 3.05) is 7.11 Å². The summed E-state index contributed by atoms with van der Waals surface area (Å²) in [7, 11) is 1.65. The number of rotatable bonds is 2. The second-order valence-corrected chi connectivity index (χ2v) is 4.99. The number of carbonyl (C=O) groups is 1. The van der Waals surface area contributed by atoms with Gasteiger partial charge < -0.3 is 4.74 Å². The second kappa shape index (κ2) is 4.54. The van der Waals surface area contributed by atoms with E-state index >= 15 is 0 Å². The Hall–Kier alpha value is -2.09. The maximum atomic E-state index is 12.5. The molecule has 0 N–H and O–H groups in total. The molecule has 0 amide bonds. The highest BCUT2D eigenvalue weighted by Crippen LogP contribution is 2.43. The lowest BCUT2D eigenvalue weighted by Crippen LogP contribution is -2.09. The van der Waals surface area contributed by atoms with E-state index in [0.717, 1.165) is 22.4 Å². The number of ether oxygens (including phenoxy) is 1. The van der Waals surface area contributed by atoms with Crippen molar-refractivity contribution in [1.29, 1.82) is 0 Å². The predicted octanol–water partition coefficient (Wildman–Crippen LogP) is 3.78. The predicted molar refractivity (Wildman–Crippen MR) is 74.9 cm³/mol. The lowest BCUT2D eigenvalue weighted by Gasteiger charge is -2.15. The molecule has 0 bridgehead atoms. The van der Waals surface area contributed by atoms with Crippen LogP contribution in [0, 0.1) is 0 Å². The van der Waals surface area contributed by atoms with Crippen LogP contribution in [0.1, 0.15) is 40.2 Å². The Labute approximate surface area is 113 Å². The molecular formula is C17H16O2. The molecule has 1 aliphatic carbocycles. The molecule has 2 nitrogen and oxygen atoms in total. The summed E-state index contributed by atoms with van der Waals surface area (Å²) in [6.45, 7) is 2.12. The van der Waals surface area contributed by atoms with E-state index in [-0.39, 0.29) is 17.6 Å². The minimum absolute atomic E-state index is 0.0664. The lowest BCUT2D eigenvalue weighted by molar-refractivity contribution is 0.0966. The topological polar surface area (TPSA) is 26.3 Å². The first kappa shape index (κ1) is 12.0. The van der Waals surface area contributed by atoms with Crippen LogP contribution in [0.15, 0.2) is 48.5 Å². The van der Waals surface area contributed by atoms with Crippen molar-refractivity contribution >= 4 is 5.78 Å². The fourth-order valence-corrected chi connectivity index (χ4v) is 2.94. The number of hydrogen-bond acceptors (Lipinski definition) is 2. The number of carbonyl (C=O) groups excluding carboxylic acids is 1. The van der Waals surface area contributed by atoms with Gasteiger partial charge in [-0.25, -0.2) is 0 Å². The van der Waals surface area contributed by atoms with Gasteiger partial charge in [-0.05, 0) is 29.2 Å². The van der Waals surface area contributed by atoms with Gasteiger partial charge in [0.25, 0.3) is 0 Å². The van der Waals surface area contributed by atoms with E-state index in [1.807, 2.05) is 42.5 Å². The molecule has 0 aromatic heterocycles. The molecule has 2 aromatic carbocycles. The molecule has 19 heavy (non-hydrogen) atoms. The molecule has 0 aliphatic heterocycles. The molecule has 2 atom stereocenters. The zero-order chi connectivity index (χ0) is 13.4. The first-order chi connectivity index (χ1) is 9.22. The Balaban J connectivity index is 2.01. The van der Waals surface area contributed by atoms with Crippen LogP contribution in [0.3, 0.4) is 0 Å². The zero-order valence-electron chi connectivity index (χ0n) is 11.1. The number of ketones is 1. The molecule has 2 aromatic rings. The van der Waals surface area contributed by atoms with Gasteiger partial charge in [-0.15, -0.1) is 0 Å². The van der Waals surface area contributed by atoms with Gasteiger partial charge in [0.2, 0.25) is 0 Å². The summed E-state index contributed by atoms with van der Waals surface area (Å²) < 4.78 is 5.16. The van der Waals surface area contributed by atoms with Crippen molar-refractivity contribution in [3.63, 3.8) is 0 Å². The number of Topliss-reactive ketones (excluding diaryl/α,β-unsaturated/α-hetero) is 1. The van der Waals surface area contributed by atoms with Gasteiger partial charge in [0, 0.05) is 5.56 Å². The Morgan fingerprint density at radius 2 is 1.68 bits per heavy atom. The molecule has 0 saturated heterocycles. The zero-order valence-corrected chi connectivity index (χ0v) is 11.1. The monoisotopic (exact) mass is 252 g/mol. The molecule has 0 heterocycles. The molecule has 0 unspecified atom stereocenters. The molecule has 0 fully saturated rings. The second-order valence-electron chi connectivity index (χ2n) is 4.99. The number of methoxy groups -OCH3 is 1. The van der Waals surface area contributed by atoms with Gasteiger partial charge in [-0.1, -0.05) is 43.3 Å². The minimum atomic E-state index is -0.0664. The average Bonchev–Trinajstić information content (AvgIpc) is 2.72. The SMILES string of the molecule is COc1ccc([C@@H]2C(=O)c3ccccc3[C@H]2C)cc1. The summed E-state index contributed by atoms with van der Waals surface area (Å²) in [5.74, 6) is 1.22. The van der Waals surface area contributed by atoms with Gasteiger partial charge >= 0.3 is 0 Å². The summed E-state index contributed by atoms with van der Waals surface area (Å²) >= 11 is 0. The molecule has 0 spiro atoms. The van der Waals surface area contributed by atoms with Crippen molar-refractivity contribution < 1.29 is 9.53 Å². The summed E-state index contributed by atoms with van der Waals surface area (Å²) in [5.41, 5.74) is 3.10. The minimum Gasteiger partial charge on any atom is -0.497 e. The van der Waals surface area contributed by atoms with E-state index in [0.29, 0.717) is 0 Å². The van der Waals surface area contributed by atoms with Gasteiger partial charge in [-0.3, -0.25) is 4.79 Å². The van der Waals surface area contributed by atoms with Crippen molar-refractivity contribution in [2.45, 2.75) is 18.8 Å². The highest BCUT2D eigenvalue weighted by atomic mass is 16.5. The fraction of sp³-hybridized carbons (Fsp3) is 0.235. The fourth-order valence-electron chi connectivity index (χ4n) is 2.94. The molecule has 96 valence electrons. The van der Waals surface area contributed by atoms with E-state index in [9.17, 15) is 4.79 Å². The standard InChI is InChI=1S/C17H16O2/c1-11-14-5-3-4-6-15(14)17(18)16(11)12-7-9-13(19-2)10-8-12/h3-11,16H,1-2H3/t11-,16-/m1/s1. The maximum Gasteiger partial charge on any atom is 0.171 e. The summed E-state index contributed by atoms with van der Waals surface area (Å²) in [6, 6.07) is 15.7. The summed E-state index contributed by atoms with van der Waals surface area (Å²) in [4.78, 5) is 12.5. The Bertz CT molecular complexity index is 613. The molecule has 1 aliphatic rings. The van der Waals surface area contributed by atoms with Crippen LogP contribution < -0.4 is 4.74 Å². The molecule has 0 saturated carbocycles. The first-order valence-electron chi connectivity index (χ1n) is 6.49. The largest absolute Gasteiger partial charge is 0.497 e. The Kier molecular flexibility index (Phi) is 2.86. The normalized spacial score (nSPS) is 21.3. The van der Waals surface area contributed by atoms with E-state index in [2.05, 4.69) is 13.0 Å². The number of fused-ring (bicyclic) bond motifs is 1. The van der Waals surface area contributed by atoms with E-state index in [1.54, 1.807) is 7.11 Å². The molecule has 2 heteroatoms. The van der Waals surface area contributed by atoms with Crippen LogP contribution in [-0.4, -0.2) is 12.9 Å². The smallest absolute Gasteiger partial charge is 0.171 e. The van der Waals surface area contributed by atoms with Gasteiger partial charge in [-0.2, -0.15) is 0 Å². The van der Waals surface area contributed by atoms with E-state index in [1.165, 1.54) is 0 Å². The van der Waals surface area contributed by atoms with Crippen molar-refractivity contribution in [3.8, 4) is 5.75 Å². The van der Waals surface area contributed by atoms with E-state index < -0.39 is 0 Å². The maximum absolute atomic E-state index is 12.5. The van der Waals surface area contributed by atoms with Crippen LogP contribution in [0.4, 0.5) is 0 Å². The van der Waals surface area contributed by atoms with Crippen LogP contribution >= 0.6 is 0 Å².